The molecule has 1 aliphatic heterocycles. The topological polar surface area (TPSA) is 109 Å². The smallest absolute Gasteiger partial charge is 0.339 e. The fourth-order valence-electron chi connectivity index (χ4n) is 2.97. The maximum atomic E-state index is 12.9. The van der Waals surface area contributed by atoms with Gasteiger partial charge in [-0.3, -0.25) is 19.4 Å². The Labute approximate surface area is 167 Å². The number of hydrogen-bond acceptors (Lipinski definition) is 6. The zero-order chi connectivity index (χ0) is 21.0. The number of ether oxygens (including phenoxy) is 1. The summed E-state index contributed by atoms with van der Waals surface area (Å²) >= 11 is 0. The fraction of sp³-hybridized carbons (Fsp3) is 0.250. The van der Waals surface area contributed by atoms with E-state index in [0.717, 1.165) is 0 Å². The summed E-state index contributed by atoms with van der Waals surface area (Å²) in [7, 11) is 1.26. The van der Waals surface area contributed by atoms with E-state index in [1.54, 1.807) is 24.3 Å². The third kappa shape index (κ3) is 4.40. The summed E-state index contributed by atoms with van der Waals surface area (Å²) in [6.07, 6.45) is 1.91. The molecule has 1 aromatic heterocycles. The summed E-state index contributed by atoms with van der Waals surface area (Å²) in [5.74, 6) is -1.50. The predicted octanol–water partition coefficient (Wildman–Crippen LogP) is 1.73. The Hall–Kier alpha value is -3.75. The molecule has 3 rings (SSSR count). The number of esters is 1. The third-order valence-electron chi connectivity index (χ3n) is 4.36. The molecule has 1 N–H and O–H groups in total. The molecule has 1 aliphatic rings. The molecule has 0 bridgehead atoms. The SMILES string of the molecule is COC(=O)c1ccc(C(=O)N2CCCN2C(=O)c2ccc(NC(C)=O)cc2)nc1. The predicted molar refractivity (Wildman–Crippen MR) is 103 cm³/mol. The molecule has 0 spiro atoms. The summed E-state index contributed by atoms with van der Waals surface area (Å²) in [5.41, 5.74) is 1.34. The maximum absolute atomic E-state index is 12.9. The monoisotopic (exact) mass is 396 g/mol. The van der Waals surface area contributed by atoms with Crippen LogP contribution in [0.3, 0.4) is 0 Å². The molecule has 0 saturated carbocycles. The molecule has 150 valence electrons. The average Bonchev–Trinajstić information content (AvgIpc) is 3.22. The van der Waals surface area contributed by atoms with E-state index in [4.69, 9.17) is 0 Å². The van der Waals surface area contributed by atoms with Gasteiger partial charge in [-0.1, -0.05) is 0 Å². The Balaban J connectivity index is 1.75. The Morgan fingerprint density at radius 2 is 1.55 bits per heavy atom. The van der Waals surface area contributed by atoms with Crippen molar-refractivity contribution in [3.63, 3.8) is 0 Å². The number of amides is 3. The molecule has 0 atom stereocenters. The van der Waals surface area contributed by atoms with Crippen LogP contribution in [0, 0.1) is 0 Å². The molecule has 9 heteroatoms. The minimum absolute atomic E-state index is 0.123. The number of benzene rings is 1. The van der Waals surface area contributed by atoms with Crippen LogP contribution in [0.25, 0.3) is 0 Å². The van der Waals surface area contributed by atoms with Gasteiger partial charge < -0.3 is 10.1 Å². The Morgan fingerprint density at radius 3 is 2.10 bits per heavy atom. The van der Waals surface area contributed by atoms with E-state index in [1.807, 2.05) is 0 Å². The highest BCUT2D eigenvalue weighted by atomic mass is 16.5. The van der Waals surface area contributed by atoms with Gasteiger partial charge in [-0.15, -0.1) is 0 Å². The molecule has 0 aliphatic carbocycles. The van der Waals surface area contributed by atoms with Gasteiger partial charge in [-0.05, 0) is 42.8 Å². The fourth-order valence-corrected chi connectivity index (χ4v) is 2.97. The number of nitrogens with zero attached hydrogens (tertiary/aromatic N) is 3. The number of carbonyl (C=O) groups excluding carboxylic acids is 4. The van der Waals surface area contributed by atoms with Gasteiger partial charge in [-0.25, -0.2) is 14.8 Å². The van der Waals surface area contributed by atoms with Crippen LogP contribution in [0.2, 0.25) is 0 Å². The van der Waals surface area contributed by atoms with Gasteiger partial charge in [-0.2, -0.15) is 0 Å². The highest BCUT2D eigenvalue weighted by molar-refractivity contribution is 5.99. The van der Waals surface area contributed by atoms with Gasteiger partial charge in [0, 0.05) is 37.5 Å². The van der Waals surface area contributed by atoms with E-state index >= 15 is 0 Å². The van der Waals surface area contributed by atoms with E-state index in [1.165, 1.54) is 42.4 Å². The highest BCUT2D eigenvalue weighted by Gasteiger charge is 2.32. The molecule has 2 heterocycles. The lowest BCUT2D eigenvalue weighted by molar-refractivity contribution is -0.114. The molecule has 9 nitrogen and oxygen atoms in total. The second-order valence-electron chi connectivity index (χ2n) is 6.39. The quantitative estimate of drug-likeness (QED) is 0.789. The number of anilines is 1. The number of pyridine rings is 1. The van der Waals surface area contributed by atoms with Crippen molar-refractivity contribution >= 4 is 29.4 Å². The van der Waals surface area contributed by atoms with Crippen LogP contribution in [-0.2, 0) is 9.53 Å². The lowest BCUT2D eigenvalue weighted by Crippen LogP contribution is -2.45. The van der Waals surface area contributed by atoms with E-state index in [0.29, 0.717) is 30.8 Å². The molecule has 2 aromatic rings. The molecule has 3 amide bonds. The number of carbonyl (C=O) groups is 4. The highest BCUT2D eigenvalue weighted by Crippen LogP contribution is 2.19. The largest absolute Gasteiger partial charge is 0.465 e. The maximum Gasteiger partial charge on any atom is 0.339 e. The Morgan fingerprint density at radius 1 is 0.931 bits per heavy atom. The van der Waals surface area contributed by atoms with Crippen LogP contribution in [0.15, 0.2) is 42.6 Å². The standard InChI is InChI=1S/C20H20N4O5/c1-13(25)22-16-7-4-14(5-8-16)18(26)23-10-3-11-24(23)19(27)17-9-6-15(12-21-17)20(28)29-2/h4-9,12H,3,10-11H2,1-2H3,(H,22,25). The molecule has 29 heavy (non-hydrogen) atoms. The lowest BCUT2D eigenvalue weighted by atomic mass is 10.2. The van der Waals surface area contributed by atoms with Gasteiger partial charge >= 0.3 is 5.97 Å². The summed E-state index contributed by atoms with van der Waals surface area (Å²) < 4.78 is 4.61. The first-order chi connectivity index (χ1) is 13.9. The summed E-state index contributed by atoms with van der Waals surface area (Å²) in [4.78, 5) is 52.3. The first kappa shape index (κ1) is 20.0. The van der Waals surface area contributed by atoms with Crippen LogP contribution < -0.4 is 5.32 Å². The van der Waals surface area contributed by atoms with Gasteiger partial charge in [0.25, 0.3) is 11.8 Å². The van der Waals surface area contributed by atoms with Crippen LogP contribution in [0.5, 0.6) is 0 Å². The van der Waals surface area contributed by atoms with Crippen molar-refractivity contribution in [2.24, 2.45) is 0 Å². The van der Waals surface area contributed by atoms with Gasteiger partial charge in [0.05, 0.1) is 12.7 Å². The Kier molecular flexibility index (Phi) is 5.87. The molecule has 0 radical (unpaired) electrons. The molecule has 1 fully saturated rings. The number of hydrogen-bond donors (Lipinski definition) is 1. The van der Waals surface area contributed by atoms with E-state index < -0.39 is 11.9 Å². The summed E-state index contributed by atoms with van der Waals surface area (Å²) in [6.45, 7) is 2.19. The Bertz CT molecular complexity index is 940. The number of nitrogens with one attached hydrogen (secondary N) is 1. The van der Waals surface area contributed by atoms with E-state index in [9.17, 15) is 19.2 Å². The number of rotatable bonds is 4. The van der Waals surface area contributed by atoms with Crippen molar-refractivity contribution in [1.82, 2.24) is 15.0 Å². The van der Waals surface area contributed by atoms with Crippen LogP contribution in [0.4, 0.5) is 5.69 Å². The minimum atomic E-state index is -0.544. The van der Waals surface area contributed by atoms with Crippen molar-refractivity contribution in [2.75, 3.05) is 25.5 Å². The zero-order valence-electron chi connectivity index (χ0n) is 16.0. The first-order valence-corrected chi connectivity index (χ1v) is 8.96. The summed E-state index contributed by atoms with van der Waals surface area (Å²) in [6, 6.07) is 9.33. The van der Waals surface area contributed by atoms with Crippen molar-refractivity contribution in [3.05, 3.63) is 59.4 Å². The molecule has 1 aromatic carbocycles. The van der Waals surface area contributed by atoms with Gasteiger partial charge in [0.1, 0.15) is 5.69 Å². The van der Waals surface area contributed by atoms with Crippen molar-refractivity contribution in [2.45, 2.75) is 13.3 Å². The minimum Gasteiger partial charge on any atom is -0.465 e. The third-order valence-corrected chi connectivity index (χ3v) is 4.36. The zero-order valence-corrected chi connectivity index (χ0v) is 16.0. The lowest BCUT2D eigenvalue weighted by Gasteiger charge is -2.27. The van der Waals surface area contributed by atoms with E-state index in [-0.39, 0.29) is 23.1 Å². The van der Waals surface area contributed by atoms with Gasteiger partial charge in [0.15, 0.2) is 0 Å². The van der Waals surface area contributed by atoms with Crippen molar-refractivity contribution < 1.29 is 23.9 Å². The normalized spacial score (nSPS) is 13.2. The number of hydrazine groups is 1. The first-order valence-electron chi connectivity index (χ1n) is 8.96. The second-order valence-corrected chi connectivity index (χ2v) is 6.39. The second kappa shape index (κ2) is 8.51. The molecular formula is C20H20N4O5. The number of aromatic nitrogens is 1. The molecule has 0 unspecified atom stereocenters. The van der Waals surface area contributed by atoms with Crippen molar-refractivity contribution in [1.29, 1.82) is 0 Å². The van der Waals surface area contributed by atoms with Crippen LogP contribution in [-0.4, -0.2) is 58.9 Å². The summed E-state index contributed by atoms with van der Waals surface area (Å²) in [5, 5.41) is 5.37. The molecular weight excluding hydrogens is 376 g/mol. The van der Waals surface area contributed by atoms with Crippen LogP contribution >= 0.6 is 0 Å². The average molecular weight is 396 g/mol. The van der Waals surface area contributed by atoms with Gasteiger partial charge in [0.2, 0.25) is 5.91 Å². The number of methoxy groups -OCH3 is 1. The van der Waals surface area contributed by atoms with Crippen LogP contribution in [0.1, 0.15) is 44.5 Å². The van der Waals surface area contributed by atoms with E-state index in [2.05, 4.69) is 15.0 Å². The van der Waals surface area contributed by atoms with Crippen molar-refractivity contribution in [3.8, 4) is 0 Å². The molecule has 1 saturated heterocycles.